The Balaban J connectivity index is 1.88. The molecule has 1 aliphatic heterocycles. The second-order valence-corrected chi connectivity index (χ2v) is 3.24. The second-order valence-electron chi connectivity index (χ2n) is 3.24. The molecule has 0 spiro atoms. The molecule has 2 nitrogen and oxygen atoms in total. The number of hydrogen-bond donors (Lipinski definition) is 2. The molecule has 0 bridgehead atoms. The van der Waals surface area contributed by atoms with E-state index in [2.05, 4.69) is 10.6 Å². The normalized spacial score (nSPS) is 23.8. The van der Waals surface area contributed by atoms with Crippen molar-refractivity contribution in [1.82, 2.24) is 10.6 Å². The van der Waals surface area contributed by atoms with Gasteiger partial charge in [-0.05, 0) is 38.4 Å². The molecule has 0 radical (unpaired) electrons. The topological polar surface area (TPSA) is 24.1 Å². The van der Waals surface area contributed by atoms with Gasteiger partial charge in [0, 0.05) is 0 Å². The van der Waals surface area contributed by atoms with Crippen molar-refractivity contribution in [3.05, 3.63) is 0 Å². The van der Waals surface area contributed by atoms with Crippen LogP contribution in [0.25, 0.3) is 0 Å². The lowest BCUT2D eigenvalue weighted by Crippen LogP contribution is -2.24. The maximum atomic E-state index is 11.7. The molecule has 72 valence electrons. The summed E-state index contributed by atoms with van der Waals surface area (Å²) in [6.07, 6.45) is -0.0116. The summed E-state index contributed by atoms with van der Waals surface area (Å²) in [6, 6.07) is 0. The largest absolute Gasteiger partial charge is 0.316 e. The Morgan fingerprint density at radius 1 is 1.50 bits per heavy atom. The molecule has 0 aromatic heterocycles. The Bertz CT molecular complexity index is 114. The van der Waals surface area contributed by atoms with Crippen LogP contribution < -0.4 is 10.6 Å². The standard InChI is InChI=1S/C8H16F2N2/c9-8(10)6-12-4-2-7-1-3-11-5-7/h7-8,11-12H,1-6H2. The first kappa shape index (κ1) is 9.86. The summed E-state index contributed by atoms with van der Waals surface area (Å²) in [5.41, 5.74) is 0. The molecular formula is C8H16F2N2. The SMILES string of the molecule is FC(F)CNCCC1CCNC1. The van der Waals surface area contributed by atoms with E-state index in [9.17, 15) is 8.78 Å². The third-order valence-corrected chi connectivity index (χ3v) is 2.19. The first-order chi connectivity index (χ1) is 5.79. The average molecular weight is 178 g/mol. The molecule has 0 aromatic carbocycles. The molecule has 1 fully saturated rings. The number of alkyl halides is 2. The van der Waals surface area contributed by atoms with Gasteiger partial charge in [-0.1, -0.05) is 0 Å². The predicted molar refractivity (Wildman–Crippen MR) is 44.5 cm³/mol. The van der Waals surface area contributed by atoms with Gasteiger partial charge in [0.05, 0.1) is 6.54 Å². The van der Waals surface area contributed by atoms with Crippen molar-refractivity contribution >= 4 is 0 Å². The minimum Gasteiger partial charge on any atom is -0.316 e. The molecule has 2 N–H and O–H groups in total. The molecule has 1 aliphatic rings. The van der Waals surface area contributed by atoms with E-state index in [0.29, 0.717) is 5.92 Å². The van der Waals surface area contributed by atoms with Crippen LogP contribution in [0.15, 0.2) is 0 Å². The van der Waals surface area contributed by atoms with Crippen LogP contribution in [0.3, 0.4) is 0 Å². The van der Waals surface area contributed by atoms with Gasteiger partial charge >= 0.3 is 0 Å². The van der Waals surface area contributed by atoms with E-state index in [0.717, 1.165) is 26.1 Å². The summed E-state index contributed by atoms with van der Waals surface area (Å²) in [4.78, 5) is 0. The van der Waals surface area contributed by atoms with E-state index in [-0.39, 0.29) is 6.54 Å². The van der Waals surface area contributed by atoms with Crippen molar-refractivity contribution in [1.29, 1.82) is 0 Å². The average Bonchev–Trinajstić information content (AvgIpc) is 2.49. The Kier molecular flexibility index (Phi) is 4.46. The molecule has 4 heteroatoms. The Hall–Kier alpha value is -0.220. The van der Waals surface area contributed by atoms with Crippen LogP contribution in [-0.2, 0) is 0 Å². The van der Waals surface area contributed by atoms with Crippen LogP contribution in [0.5, 0.6) is 0 Å². The third kappa shape index (κ3) is 3.97. The highest BCUT2D eigenvalue weighted by molar-refractivity contribution is 4.71. The van der Waals surface area contributed by atoms with Gasteiger partial charge in [-0.3, -0.25) is 0 Å². The van der Waals surface area contributed by atoms with Crippen LogP contribution in [0.2, 0.25) is 0 Å². The predicted octanol–water partition coefficient (Wildman–Crippen LogP) is 0.841. The zero-order valence-electron chi connectivity index (χ0n) is 7.15. The van der Waals surface area contributed by atoms with Crippen LogP contribution in [0, 0.1) is 5.92 Å². The fourth-order valence-corrected chi connectivity index (χ4v) is 1.48. The van der Waals surface area contributed by atoms with Crippen molar-refractivity contribution in [2.24, 2.45) is 5.92 Å². The van der Waals surface area contributed by atoms with Gasteiger partial charge in [0.1, 0.15) is 0 Å². The van der Waals surface area contributed by atoms with Crippen molar-refractivity contribution in [3.63, 3.8) is 0 Å². The first-order valence-corrected chi connectivity index (χ1v) is 4.48. The van der Waals surface area contributed by atoms with Crippen molar-refractivity contribution < 1.29 is 8.78 Å². The van der Waals surface area contributed by atoms with E-state index in [1.54, 1.807) is 0 Å². The third-order valence-electron chi connectivity index (χ3n) is 2.19. The lowest BCUT2D eigenvalue weighted by atomic mass is 10.1. The quantitative estimate of drug-likeness (QED) is 0.610. The highest BCUT2D eigenvalue weighted by Crippen LogP contribution is 2.10. The molecule has 0 aromatic rings. The molecule has 1 rings (SSSR count). The molecule has 12 heavy (non-hydrogen) atoms. The summed E-state index contributed by atoms with van der Waals surface area (Å²) >= 11 is 0. The van der Waals surface area contributed by atoms with Crippen molar-refractivity contribution in [3.8, 4) is 0 Å². The molecule has 1 heterocycles. The number of rotatable bonds is 5. The van der Waals surface area contributed by atoms with Gasteiger partial charge < -0.3 is 10.6 Å². The van der Waals surface area contributed by atoms with E-state index in [1.165, 1.54) is 6.42 Å². The number of nitrogens with one attached hydrogen (secondary N) is 2. The van der Waals surface area contributed by atoms with Crippen LogP contribution in [-0.4, -0.2) is 32.6 Å². The van der Waals surface area contributed by atoms with E-state index < -0.39 is 6.43 Å². The molecule has 1 saturated heterocycles. The summed E-state index contributed by atoms with van der Waals surface area (Å²) in [6.45, 7) is 2.69. The lowest BCUT2D eigenvalue weighted by molar-refractivity contribution is 0.145. The Labute approximate surface area is 71.7 Å². The summed E-state index contributed by atoms with van der Waals surface area (Å²) in [5, 5.41) is 5.98. The molecule has 0 saturated carbocycles. The zero-order valence-corrected chi connectivity index (χ0v) is 7.15. The molecule has 1 atom stereocenters. The molecule has 0 amide bonds. The maximum absolute atomic E-state index is 11.7. The number of hydrogen-bond acceptors (Lipinski definition) is 2. The Morgan fingerprint density at radius 3 is 2.92 bits per heavy atom. The molecular weight excluding hydrogens is 162 g/mol. The highest BCUT2D eigenvalue weighted by Gasteiger charge is 2.13. The van der Waals surface area contributed by atoms with Gasteiger partial charge in [-0.2, -0.15) is 0 Å². The van der Waals surface area contributed by atoms with Crippen molar-refractivity contribution in [2.45, 2.75) is 19.3 Å². The zero-order chi connectivity index (χ0) is 8.81. The summed E-state index contributed by atoms with van der Waals surface area (Å²) < 4.78 is 23.3. The van der Waals surface area contributed by atoms with E-state index in [1.807, 2.05) is 0 Å². The van der Waals surface area contributed by atoms with Gasteiger partial charge in [0.15, 0.2) is 0 Å². The van der Waals surface area contributed by atoms with Crippen LogP contribution in [0.4, 0.5) is 8.78 Å². The first-order valence-electron chi connectivity index (χ1n) is 4.48. The lowest BCUT2D eigenvalue weighted by Gasteiger charge is -2.08. The highest BCUT2D eigenvalue weighted by atomic mass is 19.3. The van der Waals surface area contributed by atoms with Crippen LogP contribution in [0.1, 0.15) is 12.8 Å². The van der Waals surface area contributed by atoms with Gasteiger partial charge in [-0.25, -0.2) is 8.78 Å². The van der Waals surface area contributed by atoms with E-state index >= 15 is 0 Å². The summed E-state index contributed by atoms with van der Waals surface area (Å²) in [5.74, 6) is 0.690. The van der Waals surface area contributed by atoms with Gasteiger partial charge in [-0.15, -0.1) is 0 Å². The fourth-order valence-electron chi connectivity index (χ4n) is 1.48. The van der Waals surface area contributed by atoms with Gasteiger partial charge in [0.25, 0.3) is 6.43 Å². The summed E-state index contributed by atoms with van der Waals surface area (Å²) in [7, 11) is 0. The van der Waals surface area contributed by atoms with Gasteiger partial charge in [0.2, 0.25) is 0 Å². The molecule has 1 unspecified atom stereocenters. The fraction of sp³-hybridized carbons (Fsp3) is 1.00. The van der Waals surface area contributed by atoms with Crippen molar-refractivity contribution in [2.75, 3.05) is 26.2 Å². The minimum absolute atomic E-state index is 0.167. The van der Waals surface area contributed by atoms with E-state index in [4.69, 9.17) is 0 Å². The second kappa shape index (κ2) is 5.43. The smallest absolute Gasteiger partial charge is 0.250 e. The number of halogens is 2. The minimum atomic E-state index is -2.22. The van der Waals surface area contributed by atoms with Crippen LogP contribution >= 0.6 is 0 Å². The monoisotopic (exact) mass is 178 g/mol. The molecule has 0 aliphatic carbocycles. The maximum Gasteiger partial charge on any atom is 0.250 e. The Morgan fingerprint density at radius 2 is 2.33 bits per heavy atom.